The zero-order chi connectivity index (χ0) is 13.9. The molecule has 0 aliphatic heterocycles. The van der Waals surface area contributed by atoms with Crippen molar-refractivity contribution in [2.24, 2.45) is 0 Å². The van der Waals surface area contributed by atoms with Crippen molar-refractivity contribution in [1.29, 1.82) is 0 Å². The number of benzene rings is 1. The first-order valence-electron chi connectivity index (χ1n) is 5.28. The van der Waals surface area contributed by atoms with E-state index in [1.807, 2.05) is 0 Å². The maximum absolute atomic E-state index is 11.6. The van der Waals surface area contributed by atoms with Gasteiger partial charge in [-0.05, 0) is 31.2 Å². The Hall–Kier alpha value is -1.69. The molecular formula is C12H15NO4S. The lowest BCUT2D eigenvalue weighted by atomic mass is 10.2. The van der Waals surface area contributed by atoms with E-state index >= 15 is 0 Å². The Morgan fingerprint density at radius 2 is 1.67 bits per heavy atom. The third-order valence-electron chi connectivity index (χ3n) is 2.43. The predicted molar refractivity (Wildman–Crippen MR) is 68.3 cm³/mol. The van der Waals surface area contributed by atoms with E-state index in [2.05, 4.69) is 0 Å². The molecule has 0 saturated heterocycles. The summed E-state index contributed by atoms with van der Waals surface area (Å²) in [6, 6.07) is 5.94. The minimum atomic E-state index is -3.24. The number of rotatable bonds is 4. The second-order valence-electron chi connectivity index (χ2n) is 4.10. The normalized spacial score (nSPS) is 11.1. The molecule has 98 valence electrons. The minimum Gasteiger partial charge on any atom is -0.315 e. The molecule has 0 heterocycles. The first kappa shape index (κ1) is 14.4. The van der Waals surface area contributed by atoms with Gasteiger partial charge in [0.05, 0.1) is 11.3 Å². The van der Waals surface area contributed by atoms with E-state index in [-0.39, 0.29) is 23.0 Å². The quantitative estimate of drug-likeness (QED) is 0.765. The van der Waals surface area contributed by atoms with Gasteiger partial charge in [-0.25, -0.2) is 8.42 Å². The molecule has 5 nitrogen and oxygen atoms in total. The van der Waals surface area contributed by atoms with Crippen molar-refractivity contribution >= 4 is 27.2 Å². The van der Waals surface area contributed by atoms with Crippen LogP contribution in [0.1, 0.15) is 13.3 Å². The Kier molecular flexibility index (Phi) is 4.24. The molecule has 18 heavy (non-hydrogen) atoms. The van der Waals surface area contributed by atoms with Crippen LogP contribution < -0.4 is 4.90 Å². The van der Waals surface area contributed by atoms with Crippen LogP contribution in [0.15, 0.2) is 29.2 Å². The fraction of sp³-hybridized carbons (Fsp3) is 0.333. The van der Waals surface area contributed by atoms with Crippen LogP contribution in [-0.2, 0) is 19.4 Å². The molecule has 0 N–H and O–H groups in total. The zero-order valence-electron chi connectivity index (χ0n) is 10.5. The Bertz CT molecular complexity index is 560. The molecule has 0 unspecified atom stereocenters. The van der Waals surface area contributed by atoms with E-state index in [1.54, 1.807) is 7.05 Å². The number of nitrogens with zero attached hydrogens (tertiary/aromatic N) is 1. The SMILES string of the molecule is CC(=O)CC(=O)N(C)c1ccc(S(C)(=O)=O)cc1. The highest BCUT2D eigenvalue weighted by Gasteiger charge is 2.14. The average molecular weight is 269 g/mol. The first-order valence-corrected chi connectivity index (χ1v) is 7.17. The summed E-state index contributed by atoms with van der Waals surface area (Å²) in [5.74, 6) is -0.533. The number of sulfone groups is 1. The highest BCUT2D eigenvalue weighted by Crippen LogP contribution is 2.17. The lowest BCUT2D eigenvalue weighted by Crippen LogP contribution is -2.27. The standard InChI is InChI=1S/C12H15NO4S/c1-9(14)8-12(15)13(2)10-4-6-11(7-5-10)18(3,16)17/h4-7H,8H2,1-3H3. The zero-order valence-corrected chi connectivity index (χ0v) is 11.3. The molecule has 6 heteroatoms. The highest BCUT2D eigenvalue weighted by atomic mass is 32.2. The second-order valence-corrected chi connectivity index (χ2v) is 6.11. The average Bonchev–Trinajstić information content (AvgIpc) is 2.26. The molecule has 0 aromatic heterocycles. The molecule has 1 amide bonds. The number of hydrogen-bond donors (Lipinski definition) is 0. The summed E-state index contributed by atoms with van der Waals surface area (Å²) < 4.78 is 22.5. The number of ketones is 1. The largest absolute Gasteiger partial charge is 0.315 e. The molecule has 0 saturated carbocycles. The summed E-state index contributed by atoms with van der Waals surface area (Å²) in [6.07, 6.45) is 0.955. The number of anilines is 1. The van der Waals surface area contributed by atoms with E-state index in [0.29, 0.717) is 5.69 Å². The molecule has 0 spiro atoms. The monoisotopic (exact) mass is 269 g/mol. The molecule has 1 aromatic carbocycles. The van der Waals surface area contributed by atoms with Crippen LogP contribution in [0.25, 0.3) is 0 Å². The van der Waals surface area contributed by atoms with Crippen LogP contribution in [0, 0.1) is 0 Å². The van der Waals surface area contributed by atoms with E-state index in [1.165, 1.54) is 36.1 Å². The van der Waals surface area contributed by atoms with Crippen LogP contribution >= 0.6 is 0 Å². The molecule has 0 atom stereocenters. The van der Waals surface area contributed by atoms with Crippen LogP contribution in [0.2, 0.25) is 0 Å². The number of carbonyl (C=O) groups is 2. The van der Waals surface area contributed by atoms with Crippen molar-refractivity contribution < 1.29 is 18.0 Å². The maximum atomic E-state index is 11.6. The van der Waals surface area contributed by atoms with Gasteiger partial charge in [-0.1, -0.05) is 0 Å². The van der Waals surface area contributed by atoms with Gasteiger partial charge in [-0.2, -0.15) is 0 Å². The molecule has 0 aliphatic rings. The van der Waals surface area contributed by atoms with Gasteiger partial charge in [0.2, 0.25) is 5.91 Å². The summed E-state index contributed by atoms with van der Waals surface area (Å²) in [6.45, 7) is 1.35. The highest BCUT2D eigenvalue weighted by molar-refractivity contribution is 7.90. The van der Waals surface area contributed by atoms with E-state index in [0.717, 1.165) is 6.26 Å². The third-order valence-corrected chi connectivity index (χ3v) is 3.55. The second kappa shape index (κ2) is 5.30. The van der Waals surface area contributed by atoms with Crippen molar-refractivity contribution in [2.45, 2.75) is 18.2 Å². The third kappa shape index (κ3) is 3.66. The fourth-order valence-corrected chi connectivity index (χ4v) is 2.02. The number of amides is 1. The van der Waals surface area contributed by atoms with Crippen LogP contribution in [0.5, 0.6) is 0 Å². The van der Waals surface area contributed by atoms with Crippen molar-refractivity contribution in [3.63, 3.8) is 0 Å². The van der Waals surface area contributed by atoms with Gasteiger partial charge in [0.1, 0.15) is 5.78 Å². The molecule has 1 aromatic rings. The lowest BCUT2D eigenvalue weighted by Gasteiger charge is -2.16. The van der Waals surface area contributed by atoms with Crippen LogP contribution in [0.3, 0.4) is 0 Å². The number of hydrogen-bond acceptors (Lipinski definition) is 4. The summed E-state index contributed by atoms with van der Waals surface area (Å²) in [4.78, 5) is 24.0. The van der Waals surface area contributed by atoms with E-state index in [9.17, 15) is 18.0 Å². The topological polar surface area (TPSA) is 71.5 Å². The van der Waals surface area contributed by atoms with Crippen molar-refractivity contribution in [1.82, 2.24) is 0 Å². The minimum absolute atomic E-state index is 0.162. The number of carbonyl (C=O) groups excluding carboxylic acids is 2. The van der Waals surface area contributed by atoms with E-state index in [4.69, 9.17) is 0 Å². The van der Waals surface area contributed by atoms with Gasteiger partial charge in [0.15, 0.2) is 9.84 Å². The summed E-state index contributed by atoms with van der Waals surface area (Å²) in [5, 5.41) is 0. The molecule has 0 fully saturated rings. The van der Waals surface area contributed by atoms with Gasteiger partial charge >= 0.3 is 0 Å². The Morgan fingerprint density at radius 1 is 1.17 bits per heavy atom. The first-order chi connectivity index (χ1) is 8.21. The molecular weight excluding hydrogens is 254 g/mol. The van der Waals surface area contributed by atoms with Gasteiger partial charge in [-0.3, -0.25) is 9.59 Å². The predicted octanol–water partition coefficient (Wildman–Crippen LogP) is 1.03. The van der Waals surface area contributed by atoms with Crippen LogP contribution in [0.4, 0.5) is 5.69 Å². The summed E-state index contributed by atoms with van der Waals surface area (Å²) in [5.41, 5.74) is 0.550. The van der Waals surface area contributed by atoms with Gasteiger partial charge in [0.25, 0.3) is 0 Å². The van der Waals surface area contributed by atoms with Gasteiger partial charge in [-0.15, -0.1) is 0 Å². The van der Waals surface area contributed by atoms with Crippen molar-refractivity contribution in [2.75, 3.05) is 18.2 Å². The van der Waals surface area contributed by atoms with E-state index < -0.39 is 9.84 Å². The summed E-state index contributed by atoms with van der Waals surface area (Å²) in [7, 11) is -1.70. The molecule has 0 aliphatic carbocycles. The summed E-state index contributed by atoms with van der Waals surface area (Å²) >= 11 is 0. The van der Waals surface area contributed by atoms with Crippen molar-refractivity contribution in [3.05, 3.63) is 24.3 Å². The smallest absolute Gasteiger partial charge is 0.234 e. The molecule has 1 rings (SSSR count). The van der Waals surface area contributed by atoms with Gasteiger partial charge in [0, 0.05) is 19.0 Å². The van der Waals surface area contributed by atoms with Crippen LogP contribution in [-0.4, -0.2) is 33.4 Å². The van der Waals surface area contributed by atoms with Gasteiger partial charge < -0.3 is 4.90 Å². The Morgan fingerprint density at radius 3 is 2.06 bits per heavy atom. The molecule has 0 bridgehead atoms. The van der Waals surface area contributed by atoms with Crippen molar-refractivity contribution in [3.8, 4) is 0 Å². The molecule has 0 radical (unpaired) electrons. The Balaban J connectivity index is 2.92. The number of Topliss-reactive ketones (excluding diaryl/α,β-unsaturated/α-hetero) is 1. The Labute approximate surface area is 106 Å². The maximum Gasteiger partial charge on any atom is 0.234 e. The fourth-order valence-electron chi connectivity index (χ4n) is 1.39. The lowest BCUT2D eigenvalue weighted by molar-refractivity contribution is -0.125.